The first-order valence-corrected chi connectivity index (χ1v) is 9.59. The third-order valence-electron chi connectivity index (χ3n) is 4.02. The molecule has 0 aliphatic rings. The lowest BCUT2D eigenvalue weighted by molar-refractivity contribution is 0.0698. The Kier molecular flexibility index (Phi) is 5.32. The lowest BCUT2D eigenvalue weighted by atomic mass is 10.0. The number of hydrogen-bond acceptors (Lipinski definition) is 4. The molecule has 0 unspecified atom stereocenters. The fourth-order valence-electron chi connectivity index (χ4n) is 2.69. The molecule has 144 valence electrons. The quantitative estimate of drug-likeness (QED) is 0.651. The highest BCUT2D eigenvalue weighted by Crippen LogP contribution is 2.30. The number of hydrogen-bond donors (Lipinski definition) is 2. The number of aromatic carboxylic acids is 1. The van der Waals surface area contributed by atoms with E-state index in [-0.39, 0.29) is 17.0 Å². The zero-order valence-corrected chi connectivity index (χ0v) is 15.5. The highest BCUT2D eigenvalue weighted by atomic mass is 32.2. The van der Waals surface area contributed by atoms with E-state index in [1.165, 1.54) is 25.3 Å². The van der Waals surface area contributed by atoms with Crippen LogP contribution in [-0.2, 0) is 10.0 Å². The standard InChI is InChI=1S/C20H16FNO5S/c1-27-18-10-8-15(21)12-19(18)28(25,26)22-17-11-14(7-9-16(17)20(23)24)13-5-3-2-4-6-13/h2-12,22H,1H3,(H,23,24). The summed E-state index contributed by atoms with van der Waals surface area (Å²) in [6.45, 7) is 0. The van der Waals surface area contributed by atoms with Gasteiger partial charge in [-0.2, -0.15) is 0 Å². The molecule has 28 heavy (non-hydrogen) atoms. The maximum Gasteiger partial charge on any atom is 0.337 e. The molecule has 0 saturated carbocycles. The van der Waals surface area contributed by atoms with Crippen LogP contribution in [0.3, 0.4) is 0 Å². The van der Waals surface area contributed by atoms with Crippen LogP contribution in [0, 0.1) is 5.82 Å². The van der Waals surface area contributed by atoms with E-state index >= 15 is 0 Å². The molecule has 0 radical (unpaired) electrons. The van der Waals surface area contributed by atoms with E-state index in [9.17, 15) is 22.7 Å². The summed E-state index contributed by atoms with van der Waals surface area (Å²) in [6, 6.07) is 16.4. The molecule has 6 nitrogen and oxygen atoms in total. The second-order valence-electron chi connectivity index (χ2n) is 5.83. The number of carboxylic acid groups (broad SMARTS) is 1. The Morgan fingerprint density at radius 2 is 1.71 bits per heavy atom. The Morgan fingerprint density at radius 1 is 1.00 bits per heavy atom. The molecule has 3 rings (SSSR count). The Hall–Kier alpha value is -3.39. The minimum Gasteiger partial charge on any atom is -0.495 e. The number of benzene rings is 3. The third-order valence-corrected chi connectivity index (χ3v) is 5.40. The van der Waals surface area contributed by atoms with E-state index in [1.807, 2.05) is 30.3 Å². The van der Waals surface area contributed by atoms with Crippen LogP contribution < -0.4 is 9.46 Å². The fraction of sp³-hybridized carbons (Fsp3) is 0.0500. The van der Waals surface area contributed by atoms with Crippen molar-refractivity contribution in [1.82, 2.24) is 0 Å². The molecule has 0 atom stereocenters. The average molecular weight is 401 g/mol. The van der Waals surface area contributed by atoms with Gasteiger partial charge in [-0.05, 0) is 41.5 Å². The van der Waals surface area contributed by atoms with Crippen molar-refractivity contribution in [2.45, 2.75) is 4.90 Å². The van der Waals surface area contributed by atoms with Gasteiger partial charge in [-0.25, -0.2) is 17.6 Å². The summed E-state index contributed by atoms with van der Waals surface area (Å²) in [5, 5.41) is 9.42. The molecule has 0 fully saturated rings. The van der Waals surface area contributed by atoms with E-state index in [2.05, 4.69) is 4.72 Å². The number of carbonyl (C=O) groups is 1. The Morgan fingerprint density at radius 3 is 2.36 bits per heavy atom. The van der Waals surface area contributed by atoms with Crippen LogP contribution in [0.15, 0.2) is 71.6 Å². The smallest absolute Gasteiger partial charge is 0.337 e. The predicted molar refractivity (Wildman–Crippen MR) is 103 cm³/mol. The van der Waals surface area contributed by atoms with Crippen molar-refractivity contribution in [1.29, 1.82) is 0 Å². The lowest BCUT2D eigenvalue weighted by Gasteiger charge is -2.14. The summed E-state index contributed by atoms with van der Waals surface area (Å²) in [4.78, 5) is 11.1. The van der Waals surface area contributed by atoms with Crippen LogP contribution in [0.2, 0.25) is 0 Å². The maximum atomic E-state index is 13.6. The number of carboxylic acids is 1. The molecule has 0 bridgehead atoms. The van der Waals surface area contributed by atoms with Crippen molar-refractivity contribution in [3.05, 3.63) is 78.1 Å². The summed E-state index contributed by atoms with van der Waals surface area (Å²) in [5.74, 6) is -2.13. The molecule has 3 aromatic carbocycles. The molecule has 0 heterocycles. The highest BCUT2D eigenvalue weighted by Gasteiger charge is 2.23. The first kappa shape index (κ1) is 19.4. The molecule has 2 N–H and O–H groups in total. The molecule has 0 aromatic heterocycles. The maximum absolute atomic E-state index is 13.6. The van der Waals surface area contributed by atoms with Crippen molar-refractivity contribution in [2.24, 2.45) is 0 Å². The van der Waals surface area contributed by atoms with Crippen LogP contribution in [0.25, 0.3) is 11.1 Å². The molecular weight excluding hydrogens is 385 g/mol. The summed E-state index contributed by atoms with van der Waals surface area (Å²) in [7, 11) is -3.06. The zero-order chi connectivity index (χ0) is 20.3. The van der Waals surface area contributed by atoms with Gasteiger partial charge in [0.05, 0.1) is 18.4 Å². The van der Waals surface area contributed by atoms with E-state index < -0.39 is 26.7 Å². The Bertz CT molecular complexity index is 1130. The van der Waals surface area contributed by atoms with Crippen LogP contribution in [0.4, 0.5) is 10.1 Å². The van der Waals surface area contributed by atoms with Gasteiger partial charge in [0.15, 0.2) is 0 Å². The second kappa shape index (κ2) is 7.69. The van der Waals surface area contributed by atoms with Crippen molar-refractivity contribution >= 4 is 21.7 Å². The van der Waals surface area contributed by atoms with Crippen molar-refractivity contribution in [2.75, 3.05) is 11.8 Å². The zero-order valence-electron chi connectivity index (χ0n) is 14.7. The van der Waals surface area contributed by atoms with Crippen molar-refractivity contribution < 1.29 is 27.4 Å². The highest BCUT2D eigenvalue weighted by molar-refractivity contribution is 7.92. The molecule has 0 saturated heterocycles. The van der Waals surface area contributed by atoms with Gasteiger partial charge >= 0.3 is 5.97 Å². The number of methoxy groups -OCH3 is 1. The number of sulfonamides is 1. The van der Waals surface area contributed by atoms with E-state index in [4.69, 9.17) is 4.74 Å². The minimum atomic E-state index is -4.31. The number of ether oxygens (including phenoxy) is 1. The first-order valence-electron chi connectivity index (χ1n) is 8.11. The van der Waals surface area contributed by atoms with E-state index in [0.717, 1.165) is 17.7 Å². The fourth-order valence-corrected chi connectivity index (χ4v) is 3.94. The van der Waals surface area contributed by atoms with Crippen LogP contribution >= 0.6 is 0 Å². The Balaban J connectivity index is 2.10. The van der Waals surface area contributed by atoms with Crippen LogP contribution in [0.1, 0.15) is 10.4 Å². The van der Waals surface area contributed by atoms with E-state index in [0.29, 0.717) is 5.56 Å². The largest absolute Gasteiger partial charge is 0.495 e. The van der Waals surface area contributed by atoms with Crippen LogP contribution in [-0.4, -0.2) is 26.6 Å². The monoisotopic (exact) mass is 401 g/mol. The van der Waals surface area contributed by atoms with Gasteiger partial charge in [0.25, 0.3) is 10.0 Å². The normalized spacial score (nSPS) is 11.1. The number of anilines is 1. The van der Waals surface area contributed by atoms with Gasteiger partial charge in [-0.15, -0.1) is 0 Å². The summed E-state index contributed by atoms with van der Waals surface area (Å²) < 4.78 is 46.4. The number of halogens is 1. The summed E-state index contributed by atoms with van der Waals surface area (Å²) in [6.07, 6.45) is 0. The van der Waals surface area contributed by atoms with Crippen molar-refractivity contribution in [3.8, 4) is 16.9 Å². The van der Waals surface area contributed by atoms with E-state index in [1.54, 1.807) is 6.07 Å². The lowest BCUT2D eigenvalue weighted by Crippen LogP contribution is -2.17. The van der Waals surface area contributed by atoms with Gasteiger partial charge < -0.3 is 9.84 Å². The third kappa shape index (κ3) is 3.96. The minimum absolute atomic E-state index is 0.0648. The Labute approximate surface area is 161 Å². The number of nitrogens with one attached hydrogen (secondary N) is 1. The van der Waals surface area contributed by atoms with Gasteiger partial charge in [0.2, 0.25) is 0 Å². The van der Waals surface area contributed by atoms with Gasteiger partial charge in [-0.3, -0.25) is 4.72 Å². The molecule has 8 heteroatoms. The van der Waals surface area contributed by atoms with Gasteiger partial charge in [0.1, 0.15) is 16.5 Å². The molecular formula is C20H16FNO5S. The topological polar surface area (TPSA) is 92.7 Å². The predicted octanol–water partition coefficient (Wildman–Crippen LogP) is 4.00. The molecule has 3 aromatic rings. The van der Waals surface area contributed by atoms with Crippen LogP contribution in [0.5, 0.6) is 5.75 Å². The second-order valence-corrected chi connectivity index (χ2v) is 7.48. The van der Waals surface area contributed by atoms with Gasteiger partial charge in [-0.1, -0.05) is 36.4 Å². The summed E-state index contributed by atoms with van der Waals surface area (Å²) in [5.41, 5.74) is 1.02. The molecule has 0 spiro atoms. The summed E-state index contributed by atoms with van der Waals surface area (Å²) >= 11 is 0. The van der Waals surface area contributed by atoms with Gasteiger partial charge in [0, 0.05) is 0 Å². The SMILES string of the molecule is COc1ccc(F)cc1S(=O)(=O)Nc1cc(-c2ccccc2)ccc1C(=O)O. The molecule has 0 amide bonds. The average Bonchev–Trinajstić information content (AvgIpc) is 2.68. The molecule has 0 aliphatic carbocycles. The first-order chi connectivity index (χ1) is 13.3. The number of rotatable bonds is 6. The van der Waals surface area contributed by atoms with Crippen molar-refractivity contribution in [3.63, 3.8) is 0 Å². The molecule has 0 aliphatic heterocycles.